The van der Waals surface area contributed by atoms with Crippen molar-refractivity contribution in [3.8, 4) is 5.75 Å². The average molecular weight is 573 g/mol. The van der Waals surface area contributed by atoms with Crippen molar-refractivity contribution < 1.29 is 14.2 Å². The quantitative estimate of drug-likeness (QED) is 0.307. The molecule has 186 valence electrons. The van der Waals surface area contributed by atoms with Crippen LogP contribution in [0.15, 0.2) is 29.3 Å². The van der Waals surface area contributed by atoms with Crippen molar-refractivity contribution in [1.29, 1.82) is 0 Å². The molecule has 3 heterocycles. The molecule has 3 fully saturated rings. The van der Waals surface area contributed by atoms with Crippen molar-refractivity contribution in [3.63, 3.8) is 0 Å². The first-order valence-corrected chi connectivity index (χ1v) is 12.4. The summed E-state index contributed by atoms with van der Waals surface area (Å²) in [5.41, 5.74) is 1.35. The second-order valence-corrected chi connectivity index (χ2v) is 9.17. The van der Waals surface area contributed by atoms with Crippen molar-refractivity contribution >= 4 is 29.9 Å². The number of likely N-dealkylation sites (tertiary alicyclic amines) is 1. The topological polar surface area (TPSA) is 58.6 Å². The summed E-state index contributed by atoms with van der Waals surface area (Å²) >= 11 is 0. The van der Waals surface area contributed by atoms with Gasteiger partial charge in [0.1, 0.15) is 11.9 Å². The standard InChI is InChI=1S/C25H40N4O3.HI/c1-3-26-25(29-14-16-32-24(19-29)23-5-4-15-31-23)27-17-20-10-12-28(13-11-20)18-21-6-8-22(30-2)9-7-21;/h6-9,20,23-24H,3-5,10-19H2,1-2H3,(H,26,27);1H. The number of aliphatic imine (C=N–C) groups is 1. The molecule has 3 aliphatic rings. The number of nitrogens with one attached hydrogen (secondary N) is 1. The lowest BCUT2D eigenvalue weighted by molar-refractivity contribution is -0.0817. The van der Waals surface area contributed by atoms with Crippen LogP contribution < -0.4 is 10.1 Å². The third kappa shape index (κ3) is 7.70. The lowest BCUT2D eigenvalue weighted by Gasteiger charge is -2.37. The molecule has 0 aromatic heterocycles. The van der Waals surface area contributed by atoms with Crippen LogP contribution in [0.4, 0.5) is 0 Å². The smallest absolute Gasteiger partial charge is 0.194 e. The van der Waals surface area contributed by atoms with Crippen molar-refractivity contribution in [2.75, 3.05) is 59.6 Å². The number of hydrogen-bond donors (Lipinski definition) is 1. The van der Waals surface area contributed by atoms with E-state index in [0.717, 1.165) is 83.6 Å². The molecule has 33 heavy (non-hydrogen) atoms. The molecule has 4 rings (SSSR count). The van der Waals surface area contributed by atoms with Crippen LogP contribution in [0.25, 0.3) is 0 Å². The molecule has 0 saturated carbocycles. The molecule has 0 amide bonds. The molecule has 2 unspecified atom stereocenters. The third-order valence-electron chi connectivity index (χ3n) is 6.88. The summed E-state index contributed by atoms with van der Waals surface area (Å²) < 4.78 is 17.2. The van der Waals surface area contributed by atoms with Gasteiger partial charge in [-0.3, -0.25) is 9.89 Å². The fraction of sp³-hybridized carbons (Fsp3) is 0.720. The summed E-state index contributed by atoms with van der Waals surface area (Å²) in [6, 6.07) is 8.44. The second kappa shape index (κ2) is 13.7. The minimum absolute atomic E-state index is 0. The molecule has 0 aliphatic carbocycles. The van der Waals surface area contributed by atoms with Gasteiger partial charge < -0.3 is 24.4 Å². The van der Waals surface area contributed by atoms with Crippen molar-refractivity contribution in [2.45, 2.75) is 51.4 Å². The van der Waals surface area contributed by atoms with E-state index in [4.69, 9.17) is 19.2 Å². The lowest BCUT2D eigenvalue weighted by Crippen LogP contribution is -2.53. The van der Waals surface area contributed by atoms with Crippen LogP contribution in [0.3, 0.4) is 0 Å². The molecular formula is C25H41IN4O3. The van der Waals surface area contributed by atoms with Crippen LogP contribution in [0.1, 0.15) is 38.2 Å². The van der Waals surface area contributed by atoms with Gasteiger partial charge in [0.2, 0.25) is 0 Å². The van der Waals surface area contributed by atoms with Gasteiger partial charge in [-0.2, -0.15) is 0 Å². The monoisotopic (exact) mass is 572 g/mol. The molecule has 0 bridgehead atoms. The molecule has 3 aliphatic heterocycles. The van der Waals surface area contributed by atoms with E-state index >= 15 is 0 Å². The van der Waals surface area contributed by atoms with Gasteiger partial charge in [-0.1, -0.05) is 12.1 Å². The largest absolute Gasteiger partial charge is 0.497 e. The maximum absolute atomic E-state index is 6.03. The Morgan fingerprint density at radius 1 is 1.06 bits per heavy atom. The maximum Gasteiger partial charge on any atom is 0.194 e. The Bertz CT molecular complexity index is 719. The first kappa shape index (κ1) is 26.5. The Hall–Kier alpha value is -1.10. The fourth-order valence-electron chi connectivity index (χ4n) is 4.95. The molecule has 7 nitrogen and oxygen atoms in total. The third-order valence-corrected chi connectivity index (χ3v) is 6.88. The predicted molar refractivity (Wildman–Crippen MR) is 143 cm³/mol. The molecular weight excluding hydrogens is 531 g/mol. The van der Waals surface area contributed by atoms with E-state index in [9.17, 15) is 0 Å². The first-order valence-electron chi connectivity index (χ1n) is 12.4. The van der Waals surface area contributed by atoms with Gasteiger partial charge in [0.25, 0.3) is 0 Å². The molecule has 0 radical (unpaired) electrons. The Labute approximate surface area is 216 Å². The van der Waals surface area contributed by atoms with Gasteiger partial charge >= 0.3 is 0 Å². The fourth-order valence-corrected chi connectivity index (χ4v) is 4.95. The van der Waals surface area contributed by atoms with Crippen LogP contribution in [-0.4, -0.2) is 87.6 Å². The summed E-state index contributed by atoms with van der Waals surface area (Å²) in [7, 11) is 1.71. The lowest BCUT2D eigenvalue weighted by atomic mass is 9.96. The van der Waals surface area contributed by atoms with E-state index in [-0.39, 0.29) is 36.2 Å². The van der Waals surface area contributed by atoms with E-state index in [1.165, 1.54) is 18.4 Å². The Kier molecular flexibility index (Phi) is 11.0. The number of morpholine rings is 1. The summed E-state index contributed by atoms with van der Waals surface area (Å²) in [6.45, 7) is 10.6. The summed E-state index contributed by atoms with van der Waals surface area (Å²) in [4.78, 5) is 9.98. The van der Waals surface area contributed by atoms with Crippen molar-refractivity contribution in [2.24, 2.45) is 10.9 Å². The molecule has 0 spiro atoms. The molecule has 1 aromatic rings. The van der Waals surface area contributed by atoms with Gasteiger partial charge in [0.05, 0.1) is 19.8 Å². The minimum atomic E-state index is 0. The second-order valence-electron chi connectivity index (χ2n) is 9.17. The molecule has 3 saturated heterocycles. The number of halogens is 1. The van der Waals surface area contributed by atoms with Crippen LogP contribution in [0.2, 0.25) is 0 Å². The van der Waals surface area contributed by atoms with Crippen molar-refractivity contribution in [1.82, 2.24) is 15.1 Å². The predicted octanol–water partition coefficient (Wildman–Crippen LogP) is 3.37. The van der Waals surface area contributed by atoms with Gasteiger partial charge in [-0.15, -0.1) is 24.0 Å². The molecule has 1 aromatic carbocycles. The van der Waals surface area contributed by atoms with Gasteiger partial charge in [0, 0.05) is 39.3 Å². The number of nitrogens with zero attached hydrogens (tertiary/aromatic N) is 3. The van der Waals surface area contributed by atoms with E-state index in [1.807, 2.05) is 12.1 Å². The summed E-state index contributed by atoms with van der Waals surface area (Å²) in [5.74, 6) is 2.62. The van der Waals surface area contributed by atoms with Crippen LogP contribution in [0, 0.1) is 5.92 Å². The Morgan fingerprint density at radius 3 is 2.48 bits per heavy atom. The highest BCUT2D eigenvalue weighted by atomic mass is 127. The van der Waals surface area contributed by atoms with E-state index in [1.54, 1.807) is 7.11 Å². The Morgan fingerprint density at radius 2 is 1.82 bits per heavy atom. The highest BCUT2D eigenvalue weighted by Crippen LogP contribution is 2.22. The first-order chi connectivity index (χ1) is 15.7. The van der Waals surface area contributed by atoms with Crippen LogP contribution >= 0.6 is 24.0 Å². The molecule has 8 heteroatoms. The highest BCUT2D eigenvalue weighted by molar-refractivity contribution is 14.0. The summed E-state index contributed by atoms with van der Waals surface area (Å²) in [6.07, 6.45) is 5.09. The molecule has 1 N–H and O–H groups in total. The molecule has 2 atom stereocenters. The van der Waals surface area contributed by atoms with Crippen molar-refractivity contribution in [3.05, 3.63) is 29.8 Å². The Balaban J connectivity index is 0.00000306. The van der Waals surface area contributed by atoms with Gasteiger partial charge in [-0.05, 0) is 69.3 Å². The maximum atomic E-state index is 6.03. The zero-order chi connectivity index (χ0) is 22.2. The number of rotatable bonds is 7. The van der Waals surface area contributed by atoms with Gasteiger partial charge in [-0.25, -0.2) is 0 Å². The highest BCUT2D eigenvalue weighted by Gasteiger charge is 2.32. The van der Waals surface area contributed by atoms with Crippen LogP contribution in [0.5, 0.6) is 5.75 Å². The van der Waals surface area contributed by atoms with E-state index < -0.39 is 0 Å². The normalized spacial score (nSPS) is 25.0. The number of ether oxygens (including phenoxy) is 3. The van der Waals surface area contributed by atoms with E-state index in [2.05, 4.69) is 34.2 Å². The van der Waals surface area contributed by atoms with E-state index in [0.29, 0.717) is 5.92 Å². The SMILES string of the molecule is CCNC(=NCC1CCN(Cc2ccc(OC)cc2)CC1)N1CCOC(C2CCCO2)C1.I. The van der Waals surface area contributed by atoms with Gasteiger partial charge in [0.15, 0.2) is 5.96 Å². The number of guanidine groups is 1. The number of methoxy groups -OCH3 is 1. The average Bonchev–Trinajstić information content (AvgIpc) is 3.38. The number of piperidine rings is 1. The summed E-state index contributed by atoms with van der Waals surface area (Å²) in [5, 5.41) is 3.51. The van der Waals surface area contributed by atoms with Crippen LogP contribution in [-0.2, 0) is 16.0 Å². The minimum Gasteiger partial charge on any atom is -0.497 e. The number of benzene rings is 1. The number of hydrogen-bond acceptors (Lipinski definition) is 5. The zero-order valence-electron chi connectivity index (χ0n) is 20.2. The zero-order valence-corrected chi connectivity index (χ0v) is 22.5.